The summed E-state index contributed by atoms with van der Waals surface area (Å²) in [5, 5.41) is 2.89. The number of nitrogens with zero attached hydrogens (tertiary/aromatic N) is 5. The maximum atomic E-state index is 12.9. The Morgan fingerprint density at radius 1 is 1.16 bits per heavy atom. The molecule has 4 rings (SSSR count). The van der Waals surface area contributed by atoms with Crippen LogP contribution in [0.2, 0.25) is 0 Å². The van der Waals surface area contributed by atoms with Crippen molar-refractivity contribution in [1.29, 1.82) is 0 Å². The number of sulfonamides is 1. The highest BCUT2D eigenvalue weighted by Gasteiger charge is 2.33. The Morgan fingerprint density at radius 3 is 2.68 bits per heavy atom. The van der Waals surface area contributed by atoms with Gasteiger partial charge < -0.3 is 14.7 Å². The van der Waals surface area contributed by atoms with E-state index in [4.69, 9.17) is 0 Å². The van der Waals surface area contributed by atoms with Gasteiger partial charge >= 0.3 is 0 Å². The van der Waals surface area contributed by atoms with Gasteiger partial charge in [-0.2, -0.15) is 0 Å². The van der Waals surface area contributed by atoms with E-state index < -0.39 is 10.0 Å². The van der Waals surface area contributed by atoms with E-state index in [0.29, 0.717) is 38.3 Å². The fourth-order valence-corrected chi connectivity index (χ4v) is 4.71. The van der Waals surface area contributed by atoms with Gasteiger partial charge in [0.25, 0.3) is 15.9 Å². The van der Waals surface area contributed by atoms with Gasteiger partial charge in [0.2, 0.25) is 0 Å². The molecule has 0 unspecified atom stereocenters. The van der Waals surface area contributed by atoms with Crippen LogP contribution in [0.25, 0.3) is 0 Å². The molecule has 4 heterocycles. The van der Waals surface area contributed by atoms with Crippen molar-refractivity contribution in [3.8, 4) is 0 Å². The van der Waals surface area contributed by atoms with Gasteiger partial charge in [-0.3, -0.25) is 4.79 Å². The number of amides is 1. The molecule has 10 heteroatoms. The third-order valence-corrected chi connectivity index (χ3v) is 6.33. The summed E-state index contributed by atoms with van der Waals surface area (Å²) in [5.74, 6) is 0.0273. The third-order valence-electron chi connectivity index (χ3n) is 4.34. The number of allylic oxidation sites excluding steroid dienone is 2. The third kappa shape index (κ3) is 3.19. The van der Waals surface area contributed by atoms with E-state index >= 15 is 0 Å². The molecule has 0 atom stereocenters. The minimum atomic E-state index is -3.50. The van der Waals surface area contributed by atoms with Gasteiger partial charge in [0.05, 0.1) is 11.3 Å². The highest BCUT2D eigenvalue weighted by Crippen LogP contribution is 2.22. The van der Waals surface area contributed by atoms with Crippen molar-refractivity contribution < 1.29 is 13.2 Å². The second-order valence-corrected chi connectivity index (χ2v) is 8.54. The van der Waals surface area contributed by atoms with Crippen molar-refractivity contribution in [2.75, 3.05) is 43.4 Å². The lowest BCUT2D eigenvalue weighted by Gasteiger charge is -2.36. The smallest absolute Gasteiger partial charge is 0.257 e. The van der Waals surface area contributed by atoms with Crippen molar-refractivity contribution in [2.24, 2.45) is 4.40 Å². The molecule has 0 N–H and O–H groups in total. The number of rotatable bonds is 2. The van der Waals surface area contributed by atoms with Crippen molar-refractivity contribution in [3.05, 3.63) is 35.5 Å². The number of carbonyl (C=O) groups is 1. The van der Waals surface area contributed by atoms with Gasteiger partial charge in [0.15, 0.2) is 11.0 Å². The minimum Gasteiger partial charge on any atom is -0.345 e. The number of piperazine rings is 1. The van der Waals surface area contributed by atoms with Crippen molar-refractivity contribution in [3.63, 3.8) is 0 Å². The number of anilines is 1. The van der Waals surface area contributed by atoms with E-state index in [1.165, 1.54) is 0 Å². The second kappa shape index (κ2) is 6.26. The SMILES string of the molecule is O=C(C1=CC=CN2CCS(=O)(=O)N=C12)N1CCN(c2nccs2)CC1. The number of aromatic nitrogens is 1. The number of thiazole rings is 1. The van der Waals surface area contributed by atoms with Crippen molar-refractivity contribution in [1.82, 2.24) is 14.8 Å². The molecule has 3 aliphatic rings. The van der Waals surface area contributed by atoms with Gasteiger partial charge in [-0.15, -0.1) is 15.7 Å². The molecule has 1 aromatic rings. The van der Waals surface area contributed by atoms with Gasteiger partial charge in [0.1, 0.15) is 0 Å². The molecule has 0 aliphatic carbocycles. The molecule has 25 heavy (non-hydrogen) atoms. The number of carbonyl (C=O) groups excluding carboxylic acids is 1. The maximum absolute atomic E-state index is 12.9. The summed E-state index contributed by atoms with van der Waals surface area (Å²) in [6, 6.07) is 0. The number of amidine groups is 1. The Hall–Kier alpha value is -2.20. The number of hydrogen-bond acceptors (Lipinski definition) is 7. The van der Waals surface area contributed by atoms with Crippen LogP contribution in [0.15, 0.2) is 39.9 Å². The molecule has 0 bridgehead atoms. The first-order valence-electron chi connectivity index (χ1n) is 7.95. The largest absolute Gasteiger partial charge is 0.345 e. The van der Waals surface area contributed by atoms with Crippen LogP contribution in [0.4, 0.5) is 5.13 Å². The maximum Gasteiger partial charge on any atom is 0.257 e. The summed E-state index contributed by atoms with van der Waals surface area (Å²) in [4.78, 5) is 22.8. The second-order valence-electron chi connectivity index (χ2n) is 5.91. The van der Waals surface area contributed by atoms with Crippen LogP contribution in [0, 0.1) is 0 Å². The van der Waals surface area contributed by atoms with E-state index in [1.54, 1.807) is 45.7 Å². The summed E-state index contributed by atoms with van der Waals surface area (Å²) in [7, 11) is -3.50. The fourth-order valence-electron chi connectivity index (χ4n) is 3.03. The zero-order chi connectivity index (χ0) is 17.4. The van der Waals surface area contributed by atoms with E-state index in [0.717, 1.165) is 5.13 Å². The number of fused-ring (bicyclic) bond motifs is 1. The summed E-state index contributed by atoms with van der Waals surface area (Å²) in [5.41, 5.74) is 0.341. The summed E-state index contributed by atoms with van der Waals surface area (Å²) in [6.07, 6.45) is 6.93. The molecule has 0 aromatic carbocycles. The highest BCUT2D eigenvalue weighted by molar-refractivity contribution is 7.90. The topological polar surface area (TPSA) is 86.2 Å². The first-order valence-corrected chi connectivity index (χ1v) is 10.4. The van der Waals surface area contributed by atoms with E-state index in [9.17, 15) is 13.2 Å². The zero-order valence-electron chi connectivity index (χ0n) is 13.4. The lowest BCUT2D eigenvalue weighted by atomic mass is 10.1. The van der Waals surface area contributed by atoms with Crippen molar-refractivity contribution >= 4 is 38.2 Å². The van der Waals surface area contributed by atoms with E-state index in [1.807, 2.05) is 5.38 Å². The fraction of sp³-hybridized carbons (Fsp3) is 0.400. The molecule has 1 amide bonds. The summed E-state index contributed by atoms with van der Waals surface area (Å²) >= 11 is 1.58. The number of hydrogen-bond donors (Lipinski definition) is 0. The Balaban J connectivity index is 1.50. The van der Waals surface area contributed by atoms with E-state index in [2.05, 4.69) is 14.3 Å². The molecule has 1 aromatic heterocycles. The van der Waals surface area contributed by atoms with Crippen LogP contribution in [0.1, 0.15) is 0 Å². The minimum absolute atomic E-state index is 0.0329. The van der Waals surface area contributed by atoms with Crippen LogP contribution in [0.3, 0.4) is 0 Å². The quantitative estimate of drug-likeness (QED) is 0.734. The van der Waals surface area contributed by atoms with Gasteiger partial charge in [0, 0.05) is 50.5 Å². The van der Waals surface area contributed by atoms with Gasteiger partial charge in [-0.25, -0.2) is 13.4 Å². The lowest BCUT2D eigenvalue weighted by molar-refractivity contribution is -0.126. The highest BCUT2D eigenvalue weighted by atomic mass is 32.2. The normalized spacial score (nSPS) is 22.3. The Kier molecular flexibility index (Phi) is 4.08. The molecule has 0 spiro atoms. The Morgan fingerprint density at radius 2 is 1.96 bits per heavy atom. The molecular weight excluding hydrogens is 362 g/mol. The standard InChI is InChI=1S/C15H17N5O3S2/c21-14(19-5-7-20(8-6-19)15-16-3-10-24-15)12-2-1-4-18-9-11-25(22,23)17-13(12)18/h1-4,10H,5-9,11H2. The predicted octanol–water partition coefficient (Wildman–Crippen LogP) is 0.289. The van der Waals surface area contributed by atoms with Gasteiger partial charge in [-0.05, 0) is 12.2 Å². The molecule has 1 fully saturated rings. The Labute approximate surface area is 149 Å². The summed E-state index contributed by atoms with van der Waals surface area (Å²) in [6.45, 7) is 2.87. The van der Waals surface area contributed by atoms with Crippen LogP contribution in [-0.2, 0) is 14.8 Å². The molecule has 8 nitrogen and oxygen atoms in total. The van der Waals surface area contributed by atoms with Crippen LogP contribution < -0.4 is 4.90 Å². The van der Waals surface area contributed by atoms with Crippen LogP contribution in [-0.4, -0.2) is 73.4 Å². The molecule has 0 saturated carbocycles. The first kappa shape index (κ1) is 16.3. The average molecular weight is 379 g/mol. The van der Waals surface area contributed by atoms with Gasteiger partial charge in [-0.1, -0.05) is 0 Å². The van der Waals surface area contributed by atoms with Crippen LogP contribution in [0.5, 0.6) is 0 Å². The lowest BCUT2D eigenvalue weighted by Crippen LogP contribution is -2.51. The predicted molar refractivity (Wildman–Crippen MR) is 96.1 cm³/mol. The van der Waals surface area contributed by atoms with Crippen molar-refractivity contribution in [2.45, 2.75) is 0 Å². The summed E-state index contributed by atoms with van der Waals surface area (Å²) < 4.78 is 27.5. The first-order chi connectivity index (χ1) is 12.0. The molecule has 0 radical (unpaired) electrons. The monoisotopic (exact) mass is 379 g/mol. The molecule has 132 valence electrons. The average Bonchev–Trinajstić information content (AvgIpc) is 3.15. The molecule has 1 saturated heterocycles. The van der Waals surface area contributed by atoms with Crippen LogP contribution >= 0.6 is 11.3 Å². The molecular formula is C15H17N5O3S2. The zero-order valence-corrected chi connectivity index (χ0v) is 15.0. The Bertz CT molecular complexity index is 865. The van der Waals surface area contributed by atoms with E-state index in [-0.39, 0.29) is 17.5 Å². The molecule has 3 aliphatic heterocycles.